The summed E-state index contributed by atoms with van der Waals surface area (Å²) in [5.41, 5.74) is 2.64. The van der Waals surface area contributed by atoms with E-state index in [-0.39, 0.29) is 6.04 Å². The van der Waals surface area contributed by atoms with Gasteiger partial charge in [0.15, 0.2) is 0 Å². The molecule has 0 saturated heterocycles. The minimum atomic E-state index is 0.222. The van der Waals surface area contributed by atoms with E-state index in [2.05, 4.69) is 56.4 Å². The van der Waals surface area contributed by atoms with E-state index in [1.165, 1.54) is 11.1 Å². The molecular formula is C17H23NO. The lowest BCUT2D eigenvalue weighted by Gasteiger charge is -2.21. The zero-order valence-electron chi connectivity index (χ0n) is 12.2. The highest BCUT2D eigenvalue weighted by molar-refractivity contribution is 5.24. The highest BCUT2D eigenvalue weighted by Crippen LogP contribution is 2.23. The van der Waals surface area contributed by atoms with E-state index in [9.17, 15) is 0 Å². The van der Waals surface area contributed by atoms with Crippen molar-refractivity contribution in [3.05, 3.63) is 59.0 Å². The predicted molar refractivity (Wildman–Crippen MR) is 79.2 cm³/mol. The Morgan fingerprint density at radius 3 is 2.26 bits per heavy atom. The zero-order chi connectivity index (χ0) is 13.8. The Hall–Kier alpha value is -1.54. The Morgan fingerprint density at radius 2 is 1.74 bits per heavy atom. The monoisotopic (exact) mass is 257 g/mol. The summed E-state index contributed by atoms with van der Waals surface area (Å²) < 4.78 is 5.68. The summed E-state index contributed by atoms with van der Waals surface area (Å²) in [6.45, 7) is 8.45. The quantitative estimate of drug-likeness (QED) is 0.840. The third-order valence-corrected chi connectivity index (χ3v) is 3.53. The molecule has 0 saturated carbocycles. The van der Waals surface area contributed by atoms with Crippen LogP contribution in [0.5, 0.6) is 0 Å². The van der Waals surface area contributed by atoms with Gasteiger partial charge in [0.25, 0.3) is 0 Å². The van der Waals surface area contributed by atoms with Crippen LogP contribution < -0.4 is 5.32 Å². The predicted octanol–water partition coefficient (Wildman–Crippen LogP) is 4.70. The molecule has 102 valence electrons. The summed E-state index contributed by atoms with van der Waals surface area (Å²) in [4.78, 5) is 0. The molecule has 0 radical (unpaired) electrons. The zero-order valence-corrected chi connectivity index (χ0v) is 12.2. The van der Waals surface area contributed by atoms with Crippen molar-refractivity contribution in [1.82, 2.24) is 5.32 Å². The second kappa shape index (κ2) is 6.07. The van der Waals surface area contributed by atoms with Crippen LogP contribution in [0.15, 0.2) is 40.8 Å². The van der Waals surface area contributed by atoms with Crippen molar-refractivity contribution < 1.29 is 4.42 Å². The molecule has 2 aromatic rings. The standard InChI is InChI=1S/C17H23NO/c1-5-16(15-9-6-12(2)7-10-15)18-14(4)17-11-8-13(3)19-17/h6-11,14,16,18H,5H2,1-4H3. The average Bonchev–Trinajstić information content (AvgIpc) is 2.84. The summed E-state index contributed by atoms with van der Waals surface area (Å²) >= 11 is 0. The van der Waals surface area contributed by atoms with Crippen molar-refractivity contribution in [2.45, 2.75) is 46.2 Å². The third-order valence-electron chi connectivity index (χ3n) is 3.53. The van der Waals surface area contributed by atoms with Crippen LogP contribution in [0.1, 0.15) is 55.0 Å². The van der Waals surface area contributed by atoms with Gasteiger partial charge >= 0.3 is 0 Å². The van der Waals surface area contributed by atoms with E-state index in [1.807, 2.05) is 13.0 Å². The van der Waals surface area contributed by atoms with Gasteiger partial charge in [-0.15, -0.1) is 0 Å². The molecule has 2 atom stereocenters. The molecule has 2 nitrogen and oxygen atoms in total. The minimum absolute atomic E-state index is 0.222. The van der Waals surface area contributed by atoms with Gasteiger partial charge < -0.3 is 9.73 Å². The van der Waals surface area contributed by atoms with E-state index in [1.54, 1.807) is 0 Å². The molecule has 2 rings (SSSR count). The second-order valence-electron chi connectivity index (χ2n) is 5.21. The summed E-state index contributed by atoms with van der Waals surface area (Å²) in [5.74, 6) is 1.97. The van der Waals surface area contributed by atoms with Crippen LogP contribution in [0, 0.1) is 13.8 Å². The van der Waals surface area contributed by atoms with Gasteiger partial charge in [-0.1, -0.05) is 36.8 Å². The van der Waals surface area contributed by atoms with Crippen molar-refractivity contribution in [2.24, 2.45) is 0 Å². The van der Waals surface area contributed by atoms with Gasteiger partial charge in [-0.3, -0.25) is 0 Å². The fourth-order valence-corrected chi connectivity index (χ4v) is 2.32. The normalized spacial score (nSPS) is 14.3. The minimum Gasteiger partial charge on any atom is -0.465 e. The second-order valence-corrected chi connectivity index (χ2v) is 5.21. The maximum absolute atomic E-state index is 5.68. The molecule has 0 aliphatic carbocycles. The Balaban J connectivity index is 2.08. The molecule has 2 heteroatoms. The first kappa shape index (κ1) is 13.9. The molecule has 1 N–H and O–H groups in total. The highest BCUT2D eigenvalue weighted by Gasteiger charge is 2.15. The maximum atomic E-state index is 5.68. The molecule has 0 aliphatic heterocycles. The average molecular weight is 257 g/mol. The molecule has 0 bridgehead atoms. The lowest BCUT2D eigenvalue weighted by molar-refractivity contribution is 0.378. The maximum Gasteiger partial charge on any atom is 0.120 e. The molecule has 0 spiro atoms. The van der Waals surface area contributed by atoms with Crippen molar-refractivity contribution >= 4 is 0 Å². The van der Waals surface area contributed by atoms with Gasteiger partial charge in [0.1, 0.15) is 11.5 Å². The largest absolute Gasteiger partial charge is 0.465 e. The van der Waals surface area contributed by atoms with E-state index in [0.717, 1.165) is 17.9 Å². The molecule has 0 aliphatic rings. The molecule has 0 amide bonds. The van der Waals surface area contributed by atoms with Gasteiger partial charge in [0.2, 0.25) is 0 Å². The van der Waals surface area contributed by atoms with Crippen LogP contribution in [0.4, 0.5) is 0 Å². The first-order chi connectivity index (χ1) is 9.10. The molecule has 1 aromatic heterocycles. The summed E-state index contributed by atoms with van der Waals surface area (Å²) in [6.07, 6.45) is 1.06. The number of hydrogen-bond donors (Lipinski definition) is 1. The number of benzene rings is 1. The van der Waals surface area contributed by atoms with Gasteiger partial charge in [0, 0.05) is 6.04 Å². The van der Waals surface area contributed by atoms with Crippen molar-refractivity contribution in [2.75, 3.05) is 0 Å². The van der Waals surface area contributed by atoms with Crippen LogP contribution in [-0.2, 0) is 0 Å². The van der Waals surface area contributed by atoms with Gasteiger partial charge in [-0.25, -0.2) is 0 Å². The number of hydrogen-bond acceptors (Lipinski definition) is 2. The van der Waals surface area contributed by atoms with Crippen molar-refractivity contribution in [1.29, 1.82) is 0 Å². The number of rotatable bonds is 5. The van der Waals surface area contributed by atoms with Crippen LogP contribution >= 0.6 is 0 Å². The smallest absolute Gasteiger partial charge is 0.120 e. The first-order valence-corrected chi connectivity index (χ1v) is 6.99. The first-order valence-electron chi connectivity index (χ1n) is 6.99. The van der Waals surface area contributed by atoms with Gasteiger partial charge in [-0.05, 0) is 44.9 Å². The molecule has 1 aromatic carbocycles. The van der Waals surface area contributed by atoms with Crippen LogP contribution in [0.3, 0.4) is 0 Å². The van der Waals surface area contributed by atoms with Crippen molar-refractivity contribution in [3.8, 4) is 0 Å². The van der Waals surface area contributed by atoms with Crippen LogP contribution in [0.2, 0.25) is 0 Å². The molecule has 19 heavy (non-hydrogen) atoms. The summed E-state index contributed by atoms with van der Waals surface area (Å²) in [6, 6.07) is 13.4. The van der Waals surface area contributed by atoms with Gasteiger partial charge in [-0.2, -0.15) is 0 Å². The molecular weight excluding hydrogens is 234 g/mol. The van der Waals surface area contributed by atoms with E-state index in [4.69, 9.17) is 4.42 Å². The Bertz CT molecular complexity index is 512. The van der Waals surface area contributed by atoms with Crippen LogP contribution in [0.25, 0.3) is 0 Å². The van der Waals surface area contributed by atoms with Gasteiger partial charge in [0.05, 0.1) is 6.04 Å². The summed E-state index contributed by atoms with van der Waals surface area (Å²) in [7, 11) is 0. The lowest BCUT2D eigenvalue weighted by atomic mass is 10.0. The third kappa shape index (κ3) is 3.48. The van der Waals surface area contributed by atoms with Crippen LogP contribution in [-0.4, -0.2) is 0 Å². The number of aryl methyl sites for hydroxylation is 2. The fourth-order valence-electron chi connectivity index (χ4n) is 2.32. The Morgan fingerprint density at radius 1 is 1.05 bits per heavy atom. The molecule has 2 unspecified atom stereocenters. The lowest BCUT2D eigenvalue weighted by Crippen LogP contribution is -2.23. The Labute approximate surface area is 115 Å². The Kier molecular flexibility index (Phi) is 4.43. The van der Waals surface area contributed by atoms with E-state index in [0.29, 0.717) is 6.04 Å². The summed E-state index contributed by atoms with van der Waals surface area (Å²) in [5, 5.41) is 3.64. The fraction of sp³-hybridized carbons (Fsp3) is 0.412. The topological polar surface area (TPSA) is 25.2 Å². The molecule has 1 heterocycles. The highest BCUT2D eigenvalue weighted by atomic mass is 16.3. The van der Waals surface area contributed by atoms with Crippen molar-refractivity contribution in [3.63, 3.8) is 0 Å². The van der Waals surface area contributed by atoms with E-state index < -0.39 is 0 Å². The molecule has 0 fully saturated rings. The number of nitrogens with one attached hydrogen (secondary N) is 1. The SMILES string of the molecule is CCC(NC(C)c1ccc(C)o1)c1ccc(C)cc1. The van der Waals surface area contributed by atoms with E-state index >= 15 is 0 Å². The number of furan rings is 1.